The lowest BCUT2D eigenvalue weighted by Crippen LogP contribution is -1.96. The summed E-state index contributed by atoms with van der Waals surface area (Å²) in [6.45, 7) is 0. The second kappa shape index (κ2) is 3.89. The first kappa shape index (κ1) is 9.97. The fraction of sp³-hybridized carbons (Fsp3) is 0. The maximum absolute atomic E-state index is 10.4. The van der Waals surface area contributed by atoms with Crippen LogP contribution in [0.1, 0.15) is 0 Å². The summed E-state index contributed by atoms with van der Waals surface area (Å²) < 4.78 is 0. The maximum Gasteiger partial charge on any atom is 0.348 e. The molecule has 2 heterocycles. The minimum Gasteiger partial charge on any atom is -0.488 e. The second-order valence-corrected chi connectivity index (χ2v) is 2.87. The third-order valence-electron chi connectivity index (χ3n) is 1.84. The quantitative estimate of drug-likeness (QED) is 0.599. The summed E-state index contributed by atoms with van der Waals surface area (Å²) in [4.78, 5) is 21.0. The van der Waals surface area contributed by atoms with E-state index in [9.17, 15) is 15.2 Å². The Kier molecular flexibility index (Phi) is 2.42. The van der Waals surface area contributed by atoms with Crippen molar-refractivity contribution in [1.82, 2.24) is 15.0 Å². The summed E-state index contributed by atoms with van der Waals surface area (Å²) in [5.74, 6) is -0.524. The van der Waals surface area contributed by atoms with Crippen LogP contribution in [0.25, 0.3) is 11.5 Å². The van der Waals surface area contributed by atoms with Crippen molar-refractivity contribution in [2.45, 2.75) is 0 Å². The van der Waals surface area contributed by atoms with E-state index in [4.69, 9.17) is 0 Å². The van der Waals surface area contributed by atoms with E-state index in [1.54, 1.807) is 18.2 Å². The van der Waals surface area contributed by atoms with Gasteiger partial charge >= 0.3 is 5.69 Å². The normalized spacial score (nSPS) is 10.0. The zero-order valence-corrected chi connectivity index (χ0v) is 7.94. The van der Waals surface area contributed by atoms with Gasteiger partial charge in [0.1, 0.15) is 11.9 Å². The predicted molar refractivity (Wildman–Crippen MR) is 53.6 cm³/mol. The molecule has 0 radical (unpaired) electrons. The highest BCUT2D eigenvalue weighted by Crippen LogP contribution is 2.23. The highest BCUT2D eigenvalue weighted by Gasteiger charge is 2.16. The van der Waals surface area contributed by atoms with Crippen molar-refractivity contribution < 1.29 is 10.0 Å². The van der Waals surface area contributed by atoms with Crippen molar-refractivity contribution in [1.29, 1.82) is 0 Å². The summed E-state index contributed by atoms with van der Waals surface area (Å²) in [7, 11) is 0. The minimum atomic E-state index is -0.752. The molecule has 1 N–H and O–H groups in total. The second-order valence-electron chi connectivity index (χ2n) is 2.87. The van der Waals surface area contributed by atoms with Gasteiger partial charge < -0.3 is 5.11 Å². The number of rotatable bonds is 2. The lowest BCUT2D eigenvalue weighted by atomic mass is 10.3. The van der Waals surface area contributed by atoms with Crippen LogP contribution in [0.3, 0.4) is 0 Å². The van der Waals surface area contributed by atoms with E-state index in [1.165, 1.54) is 6.20 Å². The van der Waals surface area contributed by atoms with Gasteiger partial charge in [0, 0.05) is 6.20 Å². The number of aromatic nitrogens is 3. The summed E-state index contributed by atoms with van der Waals surface area (Å²) in [6, 6.07) is 5.08. The maximum atomic E-state index is 10.4. The van der Waals surface area contributed by atoms with Gasteiger partial charge in [-0.25, -0.2) is 4.98 Å². The Morgan fingerprint density at radius 1 is 1.31 bits per heavy atom. The van der Waals surface area contributed by atoms with E-state index in [1.807, 2.05) is 0 Å². The highest BCUT2D eigenvalue weighted by molar-refractivity contribution is 5.52. The Balaban J connectivity index is 2.46. The lowest BCUT2D eigenvalue weighted by Gasteiger charge is -1.99. The van der Waals surface area contributed by atoms with Crippen molar-refractivity contribution in [3.05, 3.63) is 40.7 Å². The molecule has 80 valence electrons. The molecule has 0 aromatic carbocycles. The van der Waals surface area contributed by atoms with Gasteiger partial charge in [-0.05, 0) is 12.1 Å². The summed E-state index contributed by atoms with van der Waals surface area (Å²) in [5.41, 5.74) is -0.0904. The summed E-state index contributed by atoms with van der Waals surface area (Å²) >= 11 is 0. The van der Waals surface area contributed by atoms with Crippen LogP contribution < -0.4 is 0 Å². The fourth-order valence-corrected chi connectivity index (χ4v) is 1.11. The van der Waals surface area contributed by atoms with Crippen LogP contribution >= 0.6 is 0 Å². The van der Waals surface area contributed by atoms with Crippen molar-refractivity contribution >= 4 is 5.69 Å². The molecule has 0 saturated heterocycles. The molecule has 0 bridgehead atoms. The summed E-state index contributed by atoms with van der Waals surface area (Å²) in [6.07, 6.45) is 2.49. The Hall–Kier alpha value is -2.57. The van der Waals surface area contributed by atoms with Gasteiger partial charge in [-0.15, -0.1) is 0 Å². The number of pyridine rings is 1. The largest absolute Gasteiger partial charge is 0.488 e. The number of nitro groups is 1. The van der Waals surface area contributed by atoms with E-state index >= 15 is 0 Å². The molecule has 0 amide bonds. The third kappa shape index (κ3) is 1.78. The van der Waals surface area contributed by atoms with Gasteiger partial charge in [0.25, 0.3) is 5.88 Å². The minimum absolute atomic E-state index is 0.142. The van der Waals surface area contributed by atoms with Gasteiger partial charge in [-0.3, -0.25) is 15.1 Å². The first-order chi connectivity index (χ1) is 7.68. The topological polar surface area (TPSA) is 102 Å². The van der Waals surface area contributed by atoms with Gasteiger partial charge in [0.15, 0.2) is 5.82 Å². The van der Waals surface area contributed by atoms with Crippen molar-refractivity contribution in [2.75, 3.05) is 0 Å². The molecule has 0 atom stereocenters. The van der Waals surface area contributed by atoms with E-state index < -0.39 is 16.5 Å². The molecule has 7 nitrogen and oxygen atoms in total. The molecule has 0 saturated carbocycles. The Labute approximate surface area is 89.6 Å². The molecule has 16 heavy (non-hydrogen) atoms. The smallest absolute Gasteiger partial charge is 0.348 e. The first-order valence-corrected chi connectivity index (χ1v) is 4.30. The van der Waals surface area contributed by atoms with Crippen LogP contribution in [0.15, 0.2) is 30.6 Å². The molecule has 0 aliphatic rings. The van der Waals surface area contributed by atoms with E-state index in [-0.39, 0.29) is 5.82 Å². The molecule has 0 unspecified atom stereocenters. The van der Waals surface area contributed by atoms with E-state index in [2.05, 4.69) is 15.0 Å². The van der Waals surface area contributed by atoms with Gasteiger partial charge in [-0.1, -0.05) is 6.07 Å². The van der Waals surface area contributed by atoms with Crippen LogP contribution in [-0.2, 0) is 0 Å². The molecule has 2 aromatic rings. The summed E-state index contributed by atoms with van der Waals surface area (Å²) in [5, 5.41) is 19.7. The Morgan fingerprint density at radius 3 is 2.69 bits per heavy atom. The predicted octanol–water partition coefficient (Wildman–Crippen LogP) is 1.15. The zero-order chi connectivity index (χ0) is 11.5. The van der Waals surface area contributed by atoms with Crippen molar-refractivity contribution in [2.24, 2.45) is 0 Å². The van der Waals surface area contributed by atoms with Crippen LogP contribution in [0, 0.1) is 10.1 Å². The zero-order valence-electron chi connectivity index (χ0n) is 7.94. The Morgan fingerprint density at radius 2 is 2.12 bits per heavy atom. The molecule has 0 fully saturated rings. The van der Waals surface area contributed by atoms with Crippen molar-refractivity contribution in [3.8, 4) is 17.4 Å². The standard InChI is InChI=1S/C9H6N4O3/c14-9-7(13(15)16)5-11-8(12-9)6-3-1-2-4-10-6/h1-5H,(H,11,12,14). The van der Waals surface area contributed by atoms with Crippen LogP contribution in [-0.4, -0.2) is 25.0 Å². The van der Waals surface area contributed by atoms with Crippen molar-refractivity contribution in [3.63, 3.8) is 0 Å². The average Bonchev–Trinajstić information content (AvgIpc) is 2.29. The number of hydrogen-bond acceptors (Lipinski definition) is 6. The molecule has 7 heteroatoms. The van der Waals surface area contributed by atoms with Crippen LogP contribution in [0.4, 0.5) is 5.69 Å². The molecular weight excluding hydrogens is 212 g/mol. The van der Waals surface area contributed by atoms with E-state index in [0.717, 1.165) is 6.20 Å². The lowest BCUT2D eigenvalue weighted by molar-refractivity contribution is -0.386. The molecule has 2 rings (SSSR count). The van der Waals surface area contributed by atoms with E-state index in [0.29, 0.717) is 5.69 Å². The molecule has 2 aromatic heterocycles. The molecule has 0 aliphatic carbocycles. The van der Waals surface area contributed by atoms with Gasteiger partial charge in [-0.2, -0.15) is 4.98 Å². The monoisotopic (exact) mass is 218 g/mol. The SMILES string of the molecule is O=[N+]([O-])c1cnc(-c2ccccn2)nc1O. The average molecular weight is 218 g/mol. The molecule has 0 aliphatic heterocycles. The van der Waals surface area contributed by atoms with Gasteiger partial charge in [0.05, 0.1) is 4.92 Å². The number of nitrogens with zero attached hydrogens (tertiary/aromatic N) is 4. The van der Waals surface area contributed by atoms with Crippen LogP contribution in [0.2, 0.25) is 0 Å². The van der Waals surface area contributed by atoms with Gasteiger partial charge in [0.2, 0.25) is 0 Å². The third-order valence-corrected chi connectivity index (χ3v) is 1.84. The molecular formula is C9H6N4O3. The fourth-order valence-electron chi connectivity index (χ4n) is 1.11. The highest BCUT2D eigenvalue weighted by atomic mass is 16.6. The number of hydrogen-bond donors (Lipinski definition) is 1. The molecule has 0 spiro atoms. The van der Waals surface area contributed by atoms with Crippen LogP contribution in [0.5, 0.6) is 5.88 Å². The number of aromatic hydroxyl groups is 1. The Bertz CT molecular complexity index is 530. The first-order valence-electron chi connectivity index (χ1n) is 4.30.